The Morgan fingerprint density at radius 2 is 1.68 bits per heavy atom. The summed E-state index contributed by atoms with van der Waals surface area (Å²) < 4.78 is 50.2. The summed E-state index contributed by atoms with van der Waals surface area (Å²) in [4.78, 5) is 47.2. The molecule has 1 aliphatic carbocycles. The summed E-state index contributed by atoms with van der Waals surface area (Å²) in [5, 5.41) is 14.6. The molecule has 0 radical (unpaired) electrons. The molecule has 0 bridgehead atoms. The molecule has 7 heterocycles. The van der Waals surface area contributed by atoms with Gasteiger partial charge in [-0.1, -0.05) is 18.1 Å². The van der Waals surface area contributed by atoms with Crippen molar-refractivity contribution in [1.82, 2.24) is 48.3 Å². The Bertz CT molecular complexity index is 3380. The summed E-state index contributed by atoms with van der Waals surface area (Å²) in [5.41, 5.74) is 3.92. The van der Waals surface area contributed by atoms with Crippen molar-refractivity contribution in [3.05, 3.63) is 139 Å². The number of nitrogens with zero attached hydrogens (tertiary/aromatic N) is 9. The average Bonchev–Trinajstić information content (AvgIpc) is 3.90. The predicted octanol–water partition coefficient (Wildman–Crippen LogP) is 7.44. The number of fused-ring (bicyclic) bond motifs is 3. The third-order valence-electron chi connectivity index (χ3n) is 14.2. The summed E-state index contributed by atoms with van der Waals surface area (Å²) in [6.45, 7) is 12.5. The second-order valence-electron chi connectivity index (χ2n) is 18.8. The maximum absolute atomic E-state index is 16.1. The summed E-state index contributed by atoms with van der Waals surface area (Å²) in [5.74, 6) is -0.925. The smallest absolute Gasteiger partial charge is 0.376 e. The van der Waals surface area contributed by atoms with Crippen molar-refractivity contribution in [2.45, 2.75) is 90.3 Å². The van der Waals surface area contributed by atoms with Gasteiger partial charge in [0.05, 0.1) is 45.8 Å². The Kier molecular flexibility index (Phi) is 9.00. The third-order valence-corrected chi connectivity index (χ3v) is 14.2. The number of hydrogen-bond acceptors (Lipinski definition) is 8. The van der Waals surface area contributed by atoms with Gasteiger partial charge in [0.1, 0.15) is 22.9 Å². The zero-order valence-electron chi connectivity index (χ0n) is 37.1. The molecule has 1 saturated heterocycles. The molecule has 1 saturated carbocycles. The van der Waals surface area contributed by atoms with Crippen LogP contribution < -0.4 is 11.4 Å². The van der Waals surface area contributed by atoms with Gasteiger partial charge in [-0.05, 0) is 125 Å². The van der Waals surface area contributed by atoms with Crippen molar-refractivity contribution in [3.63, 3.8) is 0 Å². The van der Waals surface area contributed by atoms with E-state index in [9.17, 15) is 9.59 Å². The second kappa shape index (κ2) is 14.3. The molecule has 5 aromatic heterocycles. The fourth-order valence-corrected chi connectivity index (χ4v) is 10.8. The van der Waals surface area contributed by atoms with Gasteiger partial charge in [-0.25, -0.2) is 23.1 Å². The maximum atomic E-state index is 16.1. The summed E-state index contributed by atoms with van der Waals surface area (Å²) in [6.07, 6.45) is 7.17. The highest BCUT2D eigenvalue weighted by Crippen LogP contribution is 2.56. The molecule has 3 aromatic carbocycles. The molecule has 4 atom stereocenters. The molecule has 2 aliphatic heterocycles. The molecule has 11 rings (SSSR count). The number of rotatable bonds is 7. The predicted molar refractivity (Wildman–Crippen MR) is 237 cm³/mol. The van der Waals surface area contributed by atoms with Gasteiger partial charge in [0.2, 0.25) is 0 Å². The van der Waals surface area contributed by atoms with Gasteiger partial charge in [-0.2, -0.15) is 10.2 Å². The molecular weight excluding hydrogens is 835 g/mol. The number of benzene rings is 3. The van der Waals surface area contributed by atoms with E-state index in [2.05, 4.69) is 54.2 Å². The molecule has 17 heteroatoms. The summed E-state index contributed by atoms with van der Waals surface area (Å²) in [6, 6.07) is 14.3. The van der Waals surface area contributed by atoms with Crippen LogP contribution in [0.25, 0.3) is 39.0 Å². The van der Waals surface area contributed by atoms with Gasteiger partial charge in [-0.15, -0.1) is 0 Å². The van der Waals surface area contributed by atoms with Crippen LogP contribution in [-0.4, -0.2) is 73.0 Å². The van der Waals surface area contributed by atoms with E-state index in [1.807, 2.05) is 17.6 Å². The Morgan fingerprint density at radius 3 is 2.38 bits per heavy atom. The van der Waals surface area contributed by atoms with E-state index < -0.39 is 28.8 Å². The standard InChI is InChI=1S/C48H48F2N10O5/c1-25-18-32(19-26(2)40(25)49)60-42(58-16-15-57(46(58)63)37-11-10-36-33(41(37)50)24-51-55(36)7)39-28(4)56(14-12-34(39)53-60)43(61)38-21-31-20-29(30-13-17-64-47(5,6)23-30)8-9-35(31)59(38)48(22-27(48)3)44-52-45(62)65-54-44/h8-11,15-16,18-21,24,27-28,30H,12-14,17,22-23H2,1-7H3,(H,52,54,62)/t27-,28-,30+,48-/m0/s1. The molecule has 334 valence electrons. The first-order valence-electron chi connectivity index (χ1n) is 22.0. The van der Waals surface area contributed by atoms with Gasteiger partial charge < -0.3 is 14.2 Å². The minimum atomic E-state index is -0.857. The number of aromatic amines is 1. The first-order valence-corrected chi connectivity index (χ1v) is 22.0. The van der Waals surface area contributed by atoms with Crippen LogP contribution in [0, 0.1) is 31.4 Å². The second-order valence-corrected chi connectivity index (χ2v) is 18.8. The number of hydrogen-bond donors (Lipinski definition) is 1. The molecule has 0 unspecified atom stereocenters. The van der Waals surface area contributed by atoms with E-state index in [0.717, 1.165) is 29.3 Å². The Balaban J connectivity index is 1.06. The number of H-pyrrole nitrogens is 1. The van der Waals surface area contributed by atoms with Crippen molar-refractivity contribution in [1.29, 1.82) is 0 Å². The number of amides is 1. The molecule has 2 fully saturated rings. The van der Waals surface area contributed by atoms with Crippen LogP contribution in [0.5, 0.6) is 0 Å². The summed E-state index contributed by atoms with van der Waals surface area (Å²) in [7, 11) is 1.72. The highest BCUT2D eigenvalue weighted by molar-refractivity contribution is 6.00. The number of halogens is 2. The zero-order chi connectivity index (χ0) is 45.4. The van der Waals surface area contributed by atoms with E-state index in [1.54, 1.807) is 65.6 Å². The van der Waals surface area contributed by atoms with Crippen LogP contribution in [0.15, 0.2) is 81.2 Å². The lowest BCUT2D eigenvalue weighted by atomic mass is 9.83. The normalized spacial score (nSPS) is 21.7. The van der Waals surface area contributed by atoms with Gasteiger partial charge in [0.15, 0.2) is 11.6 Å². The van der Waals surface area contributed by atoms with E-state index in [-0.39, 0.29) is 40.2 Å². The molecule has 8 aromatic rings. The van der Waals surface area contributed by atoms with Crippen LogP contribution in [0.3, 0.4) is 0 Å². The number of nitrogens with one attached hydrogen (secondary N) is 1. The molecule has 1 N–H and O–H groups in total. The average molecular weight is 883 g/mol. The molecule has 1 amide bonds. The van der Waals surface area contributed by atoms with Crippen molar-refractivity contribution in [2.24, 2.45) is 13.0 Å². The third kappa shape index (κ3) is 6.14. The lowest BCUT2D eigenvalue weighted by molar-refractivity contribution is -0.0592. The molecule has 0 spiro atoms. The Hall–Kier alpha value is -6.88. The highest BCUT2D eigenvalue weighted by Gasteiger charge is 2.59. The number of imidazole rings is 1. The van der Waals surface area contributed by atoms with E-state index >= 15 is 13.6 Å². The van der Waals surface area contributed by atoms with Crippen molar-refractivity contribution < 1.29 is 22.8 Å². The maximum Gasteiger partial charge on any atom is 0.438 e. The first-order chi connectivity index (χ1) is 31.1. The highest BCUT2D eigenvalue weighted by atomic mass is 19.1. The molecule has 65 heavy (non-hydrogen) atoms. The van der Waals surface area contributed by atoms with E-state index in [0.29, 0.717) is 76.9 Å². The van der Waals surface area contributed by atoms with Crippen LogP contribution in [-0.2, 0) is 23.7 Å². The van der Waals surface area contributed by atoms with Gasteiger partial charge >= 0.3 is 11.4 Å². The van der Waals surface area contributed by atoms with E-state index in [1.165, 1.54) is 21.5 Å². The monoisotopic (exact) mass is 882 g/mol. The van der Waals surface area contributed by atoms with E-state index in [4.69, 9.17) is 14.4 Å². The quantitative estimate of drug-likeness (QED) is 0.173. The fourth-order valence-electron chi connectivity index (χ4n) is 10.8. The molecule has 3 aliphatic rings. The number of aromatic nitrogens is 9. The first kappa shape index (κ1) is 40.9. The number of carbonyl (C=O) groups is 1. The minimum Gasteiger partial charge on any atom is -0.376 e. The van der Waals surface area contributed by atoms with Crippen LogP contribution >= 0.6 is 0 Å². The fraction of sp³-hybridized carbons (Fsp3) is 0.375. The number of aryl methyl sites for hydroxylation is 3. The van der Waals surface area contributed by atoms with Gasteiger partial charge in [0.25, 0.3) is 5.91 Å². The SMILES string of the molecule is Cc1cc(-n2nc3c(c2-n2ccn(-c4ccc5c(cnn5C)c4F)c2=O)[C@H](C)N(C(=O)c2cc4cc([C@@H]5CCOC(C)(C)C5)ccc4n2[C@@]2(c4noc(=O)[nH]4)C[C@@H]2C)CC3)cc(C)c1F. The van der Waals surface area contributed by atoms with Crippen LogP contribution in [0.2, 0.25) is 0 Å². The summed E-state index contributed by atoms with van der Waals surface area (Å²) >= 11 is 0. The van der Waals surface area contributed by atoms with Crippen LogP contribution in [0.4, 0.5) is 8.78 Å². The van der Waals surface area contributed by atoms with Gasteiger partial charge in [-0.3, -0.25) is 28.1 Å². The number of carbonyl (C=O) groups excluding carboxylic acids is 1. The van der Waals surface area contributed by atoms with Crippen molar-refractivity contribution >= 4 is 27.7 Å². The Labute approximate surface area is 370 Å². The van der Waals surface area contributed by atoms with Gasteiger partial charge in [0, 0.05) is 55.5 Å². The minimum absolute atomic E-state index is 0.00109. The lowest BCUT2D eigenvalue weighted by Gasteiger charge is -2.35. The molecule has 15 nitrogen and oxygen atoms in total. The zero-order valence-corrected chi connectivity index (χ0v) is 37.1. The van der Waals surface area contributed by atoms with Crippen molar-refractivity contribution in [3.8, 4) is 17.2 Å². The Morgan fingerprint density at radius 1 is 0.938 bits per heavy atom. The topological polar surface area (TPSA) is 156 Å². The number of ether oxygens (including phenoxy) is 1. The lowest BCUT2D eigenvalue weighted by Crippen LogP contribution is -2.41. The molecular formula is C48H48F2N10O5. The largest absolute Gasteiger partial charge is 0.438 e. The van der Waals surface area contributed by atoms with Crippen LogP contribution in [0.1, 0.15) is 103 Å². The van der Waals surface area contributed by atoms with Crippen molar-refractivity contribution in [2.75, 3.05) is 13.2 Å².